The van der Waals surface area contributed by atoms with E-state index in [2.05, 4.69) is 13.8 Å². The molecule has 11 heavy (non-hydrogen) atoms. The monoisotopic (exact) mass is 148 g/mol. The van der Waals surface area contributed by atoms with E-state index in [9.17, 15) is 0 Å². The van der Waals surface area contributed by atoms with Crippen LogP contribution >= 0.6 is 0 Å². The topological polar surface area (TPSA) is 9.23 Å². The van der Waals surface area contributed by atoms with E-state index in [1.807, 2.05) is 30.3 Å². The fourth-order valence-electron chi connectivity index (χ4n) is 0.788. The molecule has 0 amide bonds. The van der Waals surface area contributed by atoms with Crippen LogP contribution in [0.3, 0.4) is 0 Å². The molecule has 0 fully saturated rings. The molecule has 1 heteroatoms. The standard InChI is InChI=1S/C10H12O/c1-9(2)11-8-10-6-4-3-5-7-10/h3-7,9H,1-2,8H2. The highest BCUT2D eigenvalue weighted by molar-refractivity contribution is 5.13. The van der Waals surface area contributed by atoms with Gasteiger partial charge in [-0.3, -0.25) is 0 Å². The van der Waals surface area contributed by atoms with E-state index in [0.29, 0.717) is 6.61 Å². The Hall–Kier alpha value is -0.820. The van der Waals surface area contributed by atoms with Crippen LogP contribution < -0.4 is 0 Å². The predicted molar refractivity (Wildman–Crippen MR) is 45.7 cm³/mol. The van der Waals surface area contributed by atoms with Crippen LogP contribution in [0.25, 0.3) is 0 Å². The first-order chi connectivity index (χ1) is 5.29. The van der Waals surface area contributed by atoms with Gasteiger partial charge in [-0.05, 0) is 19.4 Å². The molecule has 0 unspecified atom stereocenters. The molecular formula is C10H12O. The highest BCUT2D eigenvalue weighted by Crippen LogP contribution is 2.01. The average molecular weight is 148 g/mol. The number of hydrogen-bond acceptors (Lipinski definition) is 1. The summed E-state index contributed by atoms with van der Waals surface area (Å²) in [6.07, 6.45) is -0.185. The van der Waals surface area contributed by atoms with Crippen LogP contribution in [0.1, 0.15) is 5.56 Å². The Balaban J connectivity index is 2.39. The number of benzene rings is 1. The highest BCUT2D eigenvalue weighted by Gasteiger charge is 1.93. The highest BCUT2D eigenvalue weighted by atomic mass is 16.5. The van der Waals surface area contributed by atoms with Crippen LogP contribution in [-0.2, 0) is 11.3 Å². The zero-order valence-corrected chi connectivity index (χ0v) is 6.49. The van der Waals surface area contributed by atoms with E-state index in [1.54, 1.807) is 0 Å². The van der Waals surface area contributed by atoms with E-state index in [4.69, 9.17) is 4.74 Å². The quantitative estimate of drug-likeness (QED) is 0.638. The largest absolute Gasteiger partial charge is 0.374 e. The van der Waals surface area contributed by atoms with E-state index in [1.165, 1.54) is 0 Å². The second-order valence-electron chi connectivity index (χ2n) is 2.42. The van der Waals surface area contributed by atoms with Crippen molar-refractivity contribution in [2.24, 2.45) is 0 Å². The maximum Gasteiger partial charge on any atom is 0.0720 e. The molecule has 1 rings (SSSR count). The van der Waals surface area contributed by atoms with E-state index in [-0.39, 0.29) is 6.10 Å². The Morgan fingerprint density at radius 2 is 1.82 bits per heavy atom. The molecule has 0 saturated carbocycles. The van der Waals surface area contributed by atoms with Crippen molar-refractivity contribution in [3.8, 4) is 0 Å². The van der Waals surface area contributed by atoms with Crippen LogP contribution in [0.2, 0.25) is 0 Å². The summed E-state index contributed by atoms with van der Waals surface area (Å²) in [6, 6.07) is 9.99. The summed E-state index contributed by atoms with van der Waals surface area (Å²) >= 11 is 0. The summed E-state index contributed by atoms with van der Waals surface area (Å²) in [7, 11) is 0. The lowest BCUT2D eigenvalue weighted by Gasteiger charge is -2.06. The molecule has 0 N–H and O–H groups in total. The molecule has 1 aromatic rings. The van der Waals surface area contributed by atoms with Gasteiger partial charge in [0.1, 0.15) is 0 Å². The zero-order valence-electron chi connectivity index (χ0n) is 6.49. The molecule has 0 aliphatic carbocycles. The van der Waals surface area contributed by atoms with Gasteiger partial charge in [0.2, 0.25) is 0 Å². The second-order valence-corrected chi connectivity index (χ2v) is 2.42. The van der Waals surface area contributed by atoms with Gasteiger partial charge in [-0.25, -0.2) is 0 Å². The van der Waals surface area contributed by atoms with Gasteiger partial charge in [0.05, 0.1) is 12.7 Å². The van der Waals surface area contributed by atoms with Gasteiger partial charge < -0.3 is 4.74 Å². The molecule has 0 saturated heterocycles. The summed E-state index contributed by atoms with van der Waals surface area (Å²) in [5.74, 6) is 0. The fraction of sp³-hybridized carbons (Fsp3) is 0.200. The van der Waals surface area contributed by atoms with Crippen molar-refractivity contribution in [3.63, 3.8) is 0 Å². The zero-order chi connectivity index (χ0) is 8.10. The smallest absolute Gasteiger partial charge is 0.0720 e. The third-order valence-corrected chi connectivity index (χ3v) is 1.33. The lowest BCUT2D eigenvalue weighted by atomic mass is 10.2. The Morgan fingerprint density at radius 3 is 2.36 bits per heavy atom. The molecule has 58 valence electrons. The normalized spacial score (nSPS) is 10.5. The second kappa shape index (κ2) is 4.14. The third-order valence-electron chi connectivity index (χ3n) is 1.33. The van der Waals surface area contributed by atoms with Crippen molar-refractivity contribution in [2.45, 2.75) is 12.7 Å². The van der Waals surface area contributed by atoms with Gasteiger partial charge in [-0.2, -0.15) is 0 Å². The summed E-state index contributed by atoms with van der Waals surface area (Å²) in [5.41, 5.74) is 1.16. The Bertz CT molecular complexity index is 191. The number of hydrogen-bond donors (Lipinski definition) is 0. The van der Waals surface area contributed by atoms with Crippen LogP contribution in [0, 0.1) is 13.8 Å². The van der Waals surface area contributed by atoms with Crippen LogP contribution in [0.15, 0.2) is 30.3 Å². The Morgan fingerprint density at radius 1 is 1.18 bits per heavy atom. The molecule has 0 atom stereocenters. The minimum atomic E-state index is -0.185. The van der Waals surface area contributed by atoms with Gasteiger partial charge in [0.15, 0.2) is 0 Å². The summed E-state index contributed by atoms with van der Waals surface area (Å²) < 4.78 is 5.21. The molecule has 1 aromatic carbocycles. The van der Waals surface area contributed by atoms with Crippen molar-refractivity contribution in [2.75, 3.05) is 0 Å². The van der Waals surface area contributed by atoms with Crippen molar-refractivity contribution in [1.29, 1.82) is 0 Å². The fourth-order valence-corrected chi connectivity index (χ4v) is 0.788. The third kappa shape index (κ3) is 3.19. The minimum absolute atomic E-state index is 0.185. The summed E-state index contributed by atoms with van der Waals surface area (Å²) in [5, 5.41) is 0. The van der Waals surface area contributed by atoms with E-state index >= 15 is 0 Å². The SMILES string of the molecule is [CH2]C([CH2])OCc1ccccc1. The Kier molecular flexibility index (Phi) is 3.12. The van der Waals surface area contributed by atoms with Crippen LogP contribution in [0.5, 0.6) is 0 Å². The first-order valence-corrected chi connectivity index (χ1v) is 3.61. The number of rotatable bonds is 3. The molecule has 2 radical (unpaired) electrons. The first kappa shape index (κ1) is 8.28. The van der Waals surface area contributed by atoms with Gasteiger partial charge in [0, 0.05) is 0 Å². The first-order valence-electron chi connectivity index (χ1n) is 3.61. The van der Waals surface area contributed by atoms with Crippen LogP contribution in [0.4, 0.5) is 0 Å². The van der Waals surface area contributed by atoms with Crippen molar-refractivity contribution in [1.82, 2.24) is 0 Å². The van der Waals surface area contributed by atoms with Crippen molar-refractivity contribution >= 4 is 0 Å². The summed E-state index contributed by atoms with van der Waals surface area (Å²) in [6.45, 7) is 7.84. The van der Waals surface area contributed by atoms with Crippen molar-refractivity contribution in [3.05, 3.63) is 49.7 Å². The molecule has 0 heterocycles. The van der Waals surface area contributed by atoms with Crippen molar-refractivity contribution < 1.29 is 4.74 Å². The summed E-state index contributed by atoms with van der Waals surface area (Å²) in [4.78, 5) is 0. The molecule has 0 bridgehead atoms. The van der Waals surface area contributed by atoms with Gasteiger partial charge in [-0.15, -0.1) is 0 Å². The maximum absolute atomic E-state index is 5.21. The number of ether oxygens (including phenoxy) is 1. The van der Waals surface area contributed by atoms with E-state index in [0.717, 1.165) is 5.56 Å². The molecule has 0 aromatic heterocycles. The van der Waals surface area contributed by atoms with E-state index < -0.39 is 0 Å². The maximum atomic E-state index is 5.21. The molecule has 0 spiro atoms. The van der Waals surface area contributed by atoms with Gasteiger partial charge >= 0.3 is 0 Å². The molecule has 0 aliphatic heterocycles. The van der Waals surface area contributed by atoms with Crippen LogP contribution in [-0.4, -0.2) is 6.10 Å². The lowest BCUT2D eigenvalue weighted by Crippen LogP contribution is -2.02. The lowest BCUT2D eigenvalue weighted by molar-refractivity contribution is 0.0982. The average Bonchev–Trinajstić information content (AvgIpc) is 2.03. The minimum Gasteiger partial charge on any atom is -0.374 e. The van der Waals surface area contributed by atoms with Gasteiger partial charge in [0.25, 0.3) is 0 Å². The van der Waals surface area contributed by atoms with Gasteiger partial charge in [-0.1, -0.05) is 30.3 Å². The Labute approximate surface area is 68.0 Å². The molecule has 1 nitrogen and oxygen atoms in total. The molecule has 0 aliphatic rings. The predicted octanol–water partition coefficient (Wildman–Crippen LogP) is 2.24. The molecular weight excluding hydrogens is 136 g/mol.